The van der Waals surface area contributed by atoms with Crippen LogP contribution in [-0.2, 0) is 9.53 Å². The second kappa shape index (κ2) is 5.78. The minimum absolute atomic E-state index is 0.144. The van der Waals surface area contributed by atoms with E-state index in [1.54, 1.807) is 0 Å². The van der Waals surface area contributed by atoms with Crippen LogP contribution in [0.4, 0.5) is 0 Å². The number of Topliss-reactive ketones (excluding diaryl/α,β-unsaturated/α-hetero) is 1. The number of likely N-dealkylation sites (N-methyl/N-ethyl adjacent to an activating group) is 1. The smallest absolute Gasteiger partial charge is 0.163 e. The van der Waals surface area contributed by atoms with Gasteiger partial charge in [-0.15, -0.1) is 0 Å². The Morgan fingerprint density at radius 1 is 1.38 bits per heavy atom. The minimum Gasteiger partial charge on any atom is -0.368 e. The first kappa shape index (κ1) is 12.1. The standard InChI is InChI=1S/C13H23NO2/c1-2-14-7-8-16-13(10-14)12(15)9-11-5-3-4-6-11/h11,13H,2-10H2,1H3. The summed E-state index contributed by atoms with van der Waals surface area (Å²) in [5, 5.41) is 0. The number of ether oxygens (including phenoxy) is 1. The van der Waals surface area contributed by atoms with Crippen molar-refractivity contribution in [2.45, 2.75) is 45.1 Å². The van der Waals surface area contributed by atoms with Gasteiger partial charge in [0, 0.05) is 19.5 Å². The maximum Gasteiger partial charge on any atom is 0.163 e. The molecule has 2 aliphatic rings. The third-order valence-electron chi connectivity index (χ3n) is 3.92. The van der Waals surface area contributed by atoms with Gasteiger partial charge in [-0.3, -0.25) is 9.69 Å². The Labute approximate surface area is 98.1 Å². The summed E-state index contributed by atoms with van der Waals surface area (Å²) >= 11 is 0. The topological polar surface area (TPSA) is 29.5 Å². The van der Waals surface area contributed by atoms with Gasteiger partial charge in [0.25, 0.3) is 0 Å². The van der Waals surface area contributed by atoms with Crippen LogP contribution in [0.3, 0.4) is 0 Å². The van der Waals surface area contributed by atoms with E-state index >= 15 is 0 Å². The van der Waals surface area contributed by atoms with Crippen molar-refractivity contribution in [2.75, 3.05) is 26.2 Å². The van der Waals surface area contributed by atoms with Gasteiger partial charge in [0.2, 0.25) is 0 Å². The first-order chi connectivity index (χ1) is 7.79. The van der Waals surface area contributed by atoms with Crippen molar-refractivity contribution in [3.8, 4) is 0 Å². The van der Waals surface area contributed by atoms with Crippen LogP contribution in [0.15, 0.2) is 0 Å². The van der Waals surface area contributed by atoms with Gasteiger partial charge in [-0.2, -0.15) is 0 Å². The number of hydrogen-bond acceptors (Lipinski definition) is 3. The van der Waals surface area contributed by atoms with Crippen LogP contribution < -0.4 is 0 Å². The molecule has 92 valence electrons. The van der Waals surface area contributed by atoms with Gasteiger partial charge in [0.15, 0.2) is 5.78 Å². The molecule has 1 saturated carbocycles. The number of rotatable bonds is 4. The molecule has 0 spiro atoms. The lowest BCUT2D eigenvalue weighted by atomic mass is 9.98. The summed E-state index contributed by atoms with van der Waals surface area (Å²) in [6, 6.07) is 0. The summed E-state index contributed by atoms with van der Waals surface area (Å²) in [6.07, 6.45) is 5.72. The zero-order valence-electron chi connectivity index (χ0n) is 10.3. The predicted molar refractivity (Wildman–Crippen MR) is 63.4 cm³/mol. The van der Waals surface area contributed by atoms with Crippen molar-refractivity contribution >= 4 is 5.78 Å². The number of carbonyl (C=O) groups is 1. The van der Waals surface area contributed by atoms with E-state index in [1.165, 1.54) is 25.7 Å². The highest BCUT2D eigenvalue weighted by molar-refractivity contribution is 5.83. The van der Waals surface area contributed by atoms with Crippen LogP contribution in [0.25, 0.3) is 0 Å². The van der Waals surface area contributed by atoms with Gasteiger partial charge in [-0.1, -0.05) is 32.6 Å². The highest BCUT2D eigenvalue weighted by atomic mass is 16.5. The molecule has 0 amide bonds. The third kappa shape index (κ3) is 3.05. The molecular formula is C13H23NO2. The average Bonchev–Trinajstić information content (AvgIpc) is 2.82. The lowest BCUT2D eigenvalue weighted by Gasteiger charge is -2.31. The monoisotopic (exact) mass is 225 g/mol. The molecule has 0 N–H and O–H groups in total. The predicted octanol–water partition coefficient (Wildman–Crippen LogP) is 1.86. The van der Waals surface area contributed by atoms with E-state index in [2.05, 4.69) is 11.8 Å². The van der Waals surface area contributed by atoms with Gasteiger partial charge in [-0.05, 0) is 12.5 Å². The zero-order valence-corrected chi connectivity index (χ0v) is 10.3. The van der Waals surface area contributed by atoms with E-state index in [4.69, 9.17) is 4.74 Å². The molecule has 1 aliphatic heterocycles. The summed E-state index contributed by atoms with van der Waals surface area (Å²) in [5.41, 5.74) is 0. The molecule has 1 heterocycles. The first-order valence-corrected chi connectivity index (χ1v) is 6.66. The molecule has 2 fully saturated rings. The van der Waals surface area contributed by atoms with E-state index < -0.39 is 0 Å². The van der Waals surface area contributed by atoms with Crippen LogP contribution in [0.5, 0.6) is 0 Å². The molecule has 3 nitrogen and oxygen atoms in total. The summed E-state index contributed by atoms with van der Waals surface area (Å²) in [6.45, 7) is 5.67. The molecule has 2 rings (SSSR count). The van der Waals surface area contributed by atoms with E-state index in [0.717, 1.165) is 32.7 Å². The molecule has 0 bridgehead atoms. The molecule has 0 aromatic carbocycles. The molecule has 1 saturated heterocycles. The van der Waals surface area contributed by atoms with Crippen molar-refractivity contribution < 1.29 is 9.53 Å². The second-order valence-corrected chi connectivity index (χ2v) is 5.07. The normalized spacial score (nSPS) is 28.4. The van der Waals surface area contributed by atoms with E-state index in [0.29, 0.717) is 11.7 Å². The number of carbonyl (C=O) groups excluding carboxylic acids is 1. The van der Waals surface area contributed by atoms with Gasteiger partial charge < -0.3 is 4.74 Å². The van der Waals surface area contributed by atoms with Crippen molar-refractivity contribution in [2.24, 2.45) is 5.92 Å². The Kier molecular flexibility index (Phi) is 4.36. The molecule has 1 aliphatic carbocycles. The van der Waals surface area contributed by atoms with Gasteiger partial charge in [0.05, 0.1) is 6.61 Å². The Morgan fingerprint density at radius 2 is 2.12 bits per heavy atom. The zero-order chi connectivity index (χ0) is 11.4. The largest absolute Gasteiger partial charge is 0.368 e. The van der Waals surface area contributed by atoms with Crippen molar-refractivity contribution in [1.82, 2.24) is 4.90 Å². The second-order valence-electron chi connectivity index (χ2n) is 5.07. The molecule has 0 aromatic heterocycles. The van der Waals surface area contributed by atoms with Crippen LogP contribution in [0.2, 0.25) is 0 Å². The van der Waals surface area contributed by atoms with Crippen molar-refractivity contribution in [3.63, 3.8) is 0 Å². The molecule has 1 atom stereocenters. The Bertz CT molecular complexity index is 236. The van der Waals surface area contributed by atoms with Gasteiger partial charge in [0.1, 0.15) is 6.10 Å². The molecule has 3 heteroatoms. The molecule has 0 radical (unpaired) electrons. The summed E-state index contributed by atoms with van der Waals surface area (Å²) in [5.74, 6) is 0.984. The summed E-state index contributed by atoms with van der Waals surface area (Å²) < 4.78 is 5.59. The SMILES string of the molecule is CCN1CCOC(C(=O)CC2CCCC2)C1. The number of morpholine rings is 1. The maximum absolute atomic E-state index is 12.1. The van der Waals surface area contributed by atoms with Crippen LogP contribution in [0, 0.1) is 5.92 Å². The van der Waals surface area contributed by atoms with Gasteiger partial charge in [-0.25, -0.2) is 0 Å². The third-order valence-corrected chi connectivity index (χ3v) is 3.92. The van der Waals surface area contributed by atoms with Crippen LogP contribution in [0.1, 0.15) is 39.0 Å². The van der Waals surface area contributed by atoms with Crippen molar-refractivity contribution in [1.29, 1.82) is 0 Å². The van der Waals surface area contributed by atoms with E-state index in [9.17, 15) is 4.79 Å². The Morgan fingerprint density at radius 3 is 2.81 bits per heavy atom. The number of ketones is 1. The van der Waals surface area contributed by atoms with E-state index in [-0.39, 0.29) is 6.10 Å². The lowest BCUT2D eigenvalue weighted by Crippen LogP contribution is -2.46. The van der Waals surface area contributed by atoms with Crippen molar-refractivity contribution in [3.05, 3.63) is 0 Å². The lowest BCUT2D eigenvalue weighted by molar-refractivity contribution is -0.137. The highest BCUT2D eigenvalue weighted by Crippen LogP contribution is 2.28. The highest BCUT2D eigenvalue weighted by Gasteiger charge is 2.28. The fraction of sp³-hybridized carbons (Fsp3) is 0.923. The average molecular weight is 225 g/mol. The Hall–Kier alpha value is -0.410. The quantitative estimate of drug-likeness (QED) is 0.731. The van der Waals surface area contributed by atoms with Crippen LogP contribution in [-0.4, -0.2) is 43.0 Å². The fourth-order valence-electron chi connectivity index (χ4n) is 2.81. The first-order valence-electron chi connectivity index (χ1n) is 6.66. The summed E-state index contributed by atoms with van der Waals surface area (Å²) in [7, 11) is 0. The van der Waals surface area contributed by atoms with Gasteiger partial charge >= 0.3 is 0 Å². The molecular weight excluding hydrogens is 202 g/mol. The van der Waals surface area contributed by atoms with E-state index in [1.807, 2.05) is 0 Å². The number of nitrogens with zero attached hydrogens (tertiary/aromatic N) is 1. The molecule has 1 unspecified atom stereocenters. The maximum atomic E-state index is 12.1. The molecule has 16 heavy (non-hydrogen) atoms. The molecule has 0 aromatic rings. The minimum atomic E-state index is -0.144. The van der Waals surface area contributed by atoms with Crippen LogP contribution >= 0.6 is 0 Å². The Balaban J connectivity index is 1.79. The summed E-state index contributed by atoms with van der Waals surface area (Å²) in [4.78, 5) is 14.4. The number of hydrogen-bond donors (Lipinski definition) is 0. The fourth-order valence-corrected chi connectivity index (χ4v) is 2.81.